The molecule has 172 valence electrons. The van der Waals surface area contributed by atoms with E-state index in [4.69, 9.17) is 16.3 Å². The predicted molar refractivity (Wildman–Crippen MR) is 131 cm³/mol. The van der Waals surface area contributed by atoms with Gasteiger partial charge in [0.2, 0.25) is 0 Å². The van der Waals surface area contributed by atoms with Crippen LogP contribution in [-0.2, 0) is 10.0 Å². The average molecular weight is 486 g/mol. The molecule has 1 amide bonds. The minimum absolute atomic E-state index is 0.0299. The number of amides is 1. The van der Waals surface area contributed by atoms with E-state index in [1.165, 1.54) is 42.6 Å². The molecule has 0 aliphatic heterocycles. The van der Waals surface area contributed by atoms with Crippen LogP contribution in [-0.4, -0.2) is 27.1 Å². The summed E-state index contributed by atoms with van der Waals surface area (Å²) in [4.78, 5) is 12.7. The Morgan fingerprint density at radius 3 is 2.42 bits per heavy atom. The summed E-state index contributed by atoms with van der Waals surface area (Å²) >= 11 is 5.83. The molecule has 9 heteroatoms. The van der Waals surface area contributed by atoms with Gasteiger partial charge in [0.05, 0.1) is 29.0 Å². The van der Waals surface area contributed by atoms with Gasteiger partial charge in [0.25, 0.3) is 15.9 Å². The minimum Gasteiger partial charge on any atom is -0.494 e. The molecular weight excluding hydrogens is 462 g/mol. The molecule has 0 saturated heterocycles. The number of carbonyl (C=O) groups excluding carboxylic acids is 1. The first-order valence-corrected chi connectivity index (χ1v) is 12.2. The first kappa shape index (κ1) is 24.3. The summed E-state index contributed by atoms with van der Waals surface area (Å²) in [5.41, 5.74) is 3.46. The number of hydrogen-bond acceptors (Lipinski definition) is 5. The number of hydrazone groups is 1. The number of unbranched alkanes of at least 4 members (excludes halogenated alkanes) is 1. The molecule has 2 N–H and O–H groups in total. The third-order valence-electron chi connectivity index (χ3n) is 4.57. The number of para-hydroxylation sites is 1. The minimum atomic E-state index is -3.90. The third kappa shape index (κ3) is 7.06. The Balaban J connectivity index is 1.65. The van der Waals surface area contributed by atoms with E-state index >= 15 is 0 Å². The number of benzene rings is 3. The van der Waals surface area contributed by atoms with E-state index in [9.17, 15) is 13.2 Å². The highest BCUT2D eigenvalue weighted by atomic mass is 35.5. The Labute approximate surface area is 198 Å². The second-order valence-electron chi connectivity index (χ2n) is 7.08. The largest absolute Gasteiger partial charge is 0.494 e. The standard InChI is InChI=1S/C24H24ClN3O4S/c1-2-3-16-32-20-12-8-18(9-13-20)17-26-27-24(29)22-6-4-5-7-23(22)28-33(30,31)21-14-10-19(25)11-15-21/h4-15,17,28H,2-3,16H2,1H3,(H,27,29)/b26-17-. The maximum absolute atomic E-state index is 12.7. The van der Waals surface area contributed by atoms with Gasteiger partial charge >= 0.3 is 0 Å². The lowest BCUT2D eigenvalue weighted by Gasteiger charge is -2.11. The van der Waals surface area contributed by atoms with Gasteiger partial charge in [-0.05, 0) is 72.6 Å². The van der Waals surface area contributed by atoms with Crippen LogP contribution in [0.4, 0.5) is 5.69 Å². The summed E-state index contributed by atoms with van der Waals surface area (Å²) in [6, 6.07) is 19.3. The zero-order valence-corrected chi connectivity index (χ0v) is 19.6. The van der Waals surface area contributed by atoms with Crippen molar-refractivity contribution in [1.29, 1.82) is 0 Å². The van der Waals surface area contributed by atoms with E-state index in [0.29, 0.717) is 11.6 Å². The summed E-state index contributed by atoms with van der Waals surface area (Å²) in [5, 5.41) is 4.39. The van der Waals surface area contributed by atoms with Crippen LogP contribution < -0.4 is 14.9 Å². The molecule has 0 atom stereocenters. The van der Waals surface area contributed by atoms with Gasteiger partial charge in [0, 0.05) is 5.02 Å². The van der Waals surface area contributed by atoms with Crippen LogP contribution in [0.5, 0.6) is 5.75 Å². The number of sulfonamides is 1. The van der Waals surface area contributed by atoms with Crippen LogP contribution >= 0.6 is 11.6 Å². The number of ether oxygens (including phenoxy) is 1. The predicted octanol–water partition coefficient (Wildman–Crippen LogP) is 5.08. The summed E-state index contributed by atoms with van der Waals surface area (Å²) < 4.78 is 33.4. The van der Waals surface area contributed by atoms with E-state index in [1.807, 2.05) is 24.3 Å². The molecular formula is C24H24ClN3O4S. The molecule has 0 heterocycles. The molecule has 0 aliphatic carbocycles. The summed E-state index contributed by atoms with van der Waals surface area (Å²) in [6.45, 7) is 2.77. The van der Waals surface area contributed by atoms with Crippen molar-refractivity contribution in [1.82, 2.24) is 5.43 Å². The first-order valence-electron chi connectivity index (χ1n) is 10.3. The Hall–Kier alpha value is -3.36. The Morgan fingerprint density at radius 2 is 1.73 bits per heavy atom. The molecule has 0 fully saturated rings. The number of hydrogen-bond donors (Lipinski definition) is 2. The summed E-state index contributed by atoms with van der Waals surface area (Å²) in [6.07, 6.45) is 3.55. The van der Waals surface area contributed by atoms with Crippen molar-refractivity contribution in [3.63, 3.8) is 0 Å². The second-order valence-corrected chi connectivity index (χ2v) is 9.19. The van der Waals surface area contributed by atoms with Crippen LogP contribution in [0.15, 0.2) is 82.8 Å². The molecule has 33 heavy (non-hydrogen) atoms. The van der Waals surface area contributed by atoms with Crippen molar-refractivity contribution in [2.75, 3.05) is 11.3 Å². The maximum atomic E-state index is 12.7. The number of halogens is 1. The molecule has 3 rings (SSSR count). The van der Waals surface area contributed by atoms with E-state index < -0.39 is 15.9 Å². The zero-order valence-electron chi connectivity index (χ0n) is 18.0. The molecule has 0 radical (unpaired) electrons. The van der Waals surface area contributed by atoms with Gasteiger partial charge in [0.1, 0.15) is 5.75 Å². The van der Waals surface area contributed by atoms with Crippen molar-refractivity contribution in [3.8, 4) is 5.75 Å². The fourth-order valence-corrected chi connectivity index (χ4v) is 4.00. The smallest absolute Gasteiger partial charge is 0.273 e. The van der Waals surface area contributed by atoms with Gasteiger partial charge in [-0.1, -0.05) is 37.1 Å². The van der Waals surface area contributed by atoms with E-state index in [0.717, 1.165) is 24.2 Å². The van der Waals surface area contributed by atoms with Crippen molar-refractivity contribution in [2.45, 2.75) is 24.7 Å². The SMILES string of the molecule is CCCCOc1ccc(/C=N\NC(=O)c2ccccc2NS(=O)(=O)c2ccc(Cl)cc2)cc1. The lowest BCUT2D eigenvalue weighted by Crippen LogP contribution is -2.21. The quantitative estimate of drug-likeness (QED) is 0.237. The van der Waals surface area contributed by atoms with Gasteiger partial charge < -0.3 is 4.74 Å². The molecule has 0 saturated carbocycles. The molecule has 0 aliphatic rings. The lowest BCUT2D eigenvalue weighted by molar-refractivity contribution is 0.0956. The van der Waals surface area contributed by atoms with Gasteiger partial charge in [0.15, 0.2) is 0 Å². The average Bonchev–Trinajstić information content (AvgIpc) is 2.80. The van der Waals surface area contributed by atoms with Crippen LogP contribution in [0, 0.1) is 0 Å². The Bertz CT molecular complexity index is 1210. The summed E-state index contributed by atoms with van der Waals surface area (Å²) in [5.74, 6) is 0.215. The van der Waals surface area contributed by atoms with Crippen molar-refractivity contribution in [2.24, 2.45) is 5.10 Å². The van der Waals surface area contributed by atoms with Crippen LogP contribution in [0.3, 0.4) is 0 Å². The van der Waals surface area contributed by atoms with Gasteiger partial charge in [-0.3, -0.25) is 9.52 Å². The zero-order chi connectivity index (χ0) is 23.7. The fourth-order valence-electron chi connectivity index (χ4n) is 2.80. The van der Waals surface area contributed by atoms with Crippen molar-refractivity contribution < 1.29 is 17.9 Å². The summed E-state index contributed by atoms with van der Waals surface area (Å²) in [7, 11) is -3.90. The number of carbonyl (C=O) groups is 1. The highest BCUT2D eigenvalue weighted by Crippen LogP contribution is 2.21. The van der Waals surface area contributed by atoms with Crippen LogP contribution in [0.1, 0.15) is 35.7 Å². The number of nitrogens with one attached hydrogen (secondary N) is 2. The third-order valence-corrected chi connectivity index (χ3v) is 6.20. The topological polar surface area (TPSA) is 96.9 Å². The number of nitrogens with zero attached hydrogens (tertiary/aromatic N) is 1. The highest BCUT2D eigenvalue weighted by molar-refractivity contribution is 7.92. The number of anilines is 1. The first-order chi connectivity index (χ1) is 15.9. The molecule has 3 aromatic rings. The van der Waals surface area contributed by atoms with E-state index in [2.05, 4.69) is 22.2 Å². The highest BCUT2D eigenvalue weighted by Gasteiger charge is 2.18. The molecule has 7 nitrogen and oxygen atoms in total. The molecule has 0 aromatic heterocycles. The molecule has 0 unspecified atom stereocenters. The number of rotatable bonds is 10. The second kappa shape index (κ2) is 11.5. The Morgan fingerprint density at radius 1 is 1.03 bits per heavy atom. The molecule has 0 spiro atoms. The maximum Gasteiger partial charge on any atom is 0.273 e. The Kier molecular flexibility index (Phi) is 8.46. The van der Waals surface area contributed by atoms with E-state index in [-0.39, 0.29) is 16.1 Å². The van der Waals surface area contributed by atoms with Gasteiger partial charge in [-0.25, -0.2) is 13.8 Å². The van der Waals surface area contributed by atoms with Gasteiger partial charge in [-0.15, -0.1) is 0 Å². The van der Waals surface area contributed by atoms with E-state index in [1.54, 1.807) is 12.1 Å². The van der Waals surface area contributed by atoms with Crippen molar-refractivity contribution in [3.05, 3.63) is 88.9 Å². The molecule has 3 aromatic carbocycles. The normalized spacial score (nSPS) is 11.3. The van der Waals surface area contributed by atoms with Crippen LogP contribution in [0.25, 0.3) is 0 Å². The monoisotopic (exact) mass is 485 g/mol. The molecule has 0 bridgehead atoms. The van der Waals surface area contributed by atoms with Gasteiger partial charge in [-0.2, -0.15) is 5.10 Å². The lowest BCUT2D eigenvalue weighted by atomic mass is 10.2. The fraction of sp³-hybridized carbons (Fsp3) is 0.167. The van der Waals surface area contributed by atoms with Crippen molar-refractivity contribution >= 4 is 39.4 Å². The van der Waals surface area contributed by atoms with Crippen LogP contribution in [0.2, 0.25) is 5.02 Å².